The fourth-order valence-corrected chi connectivity index (χ4v) is 5.36. The highest BCUT2D eigenvalue weighted by atomic mass is 79.9. The van der Waals surface area contributed by atoms with E-state index in [9.17, 15) is 13.2 Å². The summed E-state index contributed by atoms with van der Waals surface area (Å²) in [4.78, 5) is 12.6. The molecule has 1 atom stereocenters. The van der Waals surface area contributed by atoms with Gasteiger partial charge in [-0.1, -0.05) is 34.1 Å². The number of halogens is 1. The van der Waals surface area contributed by atoms with E-state index in [1.165, 1.54) is 4.31 Å². The topological polar surface area (TPSA) is 75.7 Å². The lowest BCUT2D eigenvalue weighted by Gasteiger charge is -2.27. The minimum absolute atomic E-state index is 0.0881. The quantitative estimate of drug-likeness (QED) is 0.802. The molecule has 6 nitrogen and oxygen atoms in total. The molecule has 0 radical (unpaired) electrons. The molecule has 0 fully saturated rings. The second-order valence-corrected chi connectivity index (χ2v) is 9.14. The Morgan fingerprint density at radius 2 is 2.08 bits per heavy atom. The molecule has 0 saturated carbocycles. The van der Waals surface area contributed by atoms with Gasteiger partial charge >= 0.3 is 0 Å². The fraction of sp³-hybridized carbons (Fsp3) is 0.278. The second kappa shape index (κ2) is 6.59. The van der Waals surface area contributed by atoms with Gasteiger partial charge in [0.25, 0.3) is 0 Å². The molecule has 26 heavy (non-hydrogen) atoms. The van der Waals surface area contributed by atoms with Gasteiger partial charge in [-0.05, 0) is 29.8 Å². The first kappa shape index (κ1) is 17.4. The number of carbonyl (C=O) groups is 1. The number of para-hydroxylation sites is 1. The van der Waals surface area contributed by atoms with E-state index < -0.39 is 10.0 Å². The summed E-state index contributed by atoms with van der Waals surface area (Å²) in [5, 5.41) is 2.95. The molecule has 2 aliphatic rings. The van der Waals surface area contributed by atoms with Gasteiger partial charge in [-0.25, -0.2) is 8.42 Å². The van der Waals surface area contributed by atoms with Crippen molar-refractivity contribution in [2.45, 2.75) is 18.2 Å². The third kappa shape index (κ3) is 3.19. The van der Waals surface area contributed by atoms with Crippen molar-refractivity contribution in [3.05, 3.63) is 58.1 Å². The standard InChI is InChI=1S/C18H17BrN2O4S/c19-13-5-6-16-12(9-13)11-26(23,24)21(16)10-18(22)20-15-7-8-25-17-4-2-1-3-14(15)17/h1-6,9,15H,7-8,10-11H2,(H,20,22)/t15-/m1/s1. The highest BCUT2D eigenvalue weighted by molar-refractivity contribution is 9.10. The zero-order valence-electron chi connectivity index (χ0n) is 13.8. The summed E-state index contributed by atoms with van der Waals surface area (Å²) < 4.78 is 32.5. The molecule has 136 valence electrons. The van der Waals surface area contributed by atoms with Gasteiger partial charge in [0.2, 0.25) is 15.9 Å². The Balaban J connectivity index is 1.53. The number of ether oxygens (including phenoxy) is 1. The van der Waals surface area contributed by atoms with Gasteiger partial charge in [0.05, 0.1) is 24.1 Å². The molecule has 1 amide bonds. The van der Waals surface area contributed by atoms with Crippen molar-refractivity contribution >= 4 is 37.5 Å². The largest absolute Gasteiger partial charge is 0.493 e. The lowest BCUT2D eigenvalue weighted by Crippen LogP contribution is -2.41. The van der Waals surface area contributed by atoms with Gasteiger partial charge in [-0.2, -0.15) is 0 Å². The normalized spacial score (nSPS) is 20.0. The molecule has 0 saturated heterocycles. The van der Waals surface area contributed by atoms with Crippen LogP contribution in [0.4, 0.5) is 5.69 Å². The molecule has 8 heteroatoms. The zero-order chi connectivity index (χ0) is 18.3. The average Bonchev–Trinajstić information content (AvgIpc) is 2.84. The fourth-order valence-electron chi connectivity index (χ4n) is 3.38. The van der Waals surface area contributed by atoms with Crippen LogP contribution in [0.1, 0.15) is 23.6 Å². The molecule has 2 aromatic rings. The van der Waals surface area contributed by atoms with Crippen molar-refractivity contribution in [3.8, 4) is 5.75 Å². The Kier molecular flexibility index (Phi) is 4.40. The Bertz CT molecular complexity index is 977. The highest BCUT2D eigenvalue weighted by Gasteiger charge is 2.35. The van der Waals surface area contributed by atoms with Crippen LogP contribution in [0.2, 0.25) is 0 Å². The van der Waals surface area contributed by atoms with E-state index in [0.29, 0.717) is 24.3 Å². The minimum Gasteiger partial charge on any atom is -0.493 e. The van der Waals surface area contributed by atoms with Crippen molar-refractivity contribution in [2.24, 2.45) is 0 Å². The summed E-state index contributed by atoms with van der Waals surface area (Å²) in [6, 6.07) is 12.7. The maximum absolute atomic E-state index is 12.6. The number of anilines is 1. The molecule has 0 bridgehead atoms. The summed E-state index contributed by atoms with van der Waals surface area (Å²) in [7, 11) is -3.53. The number of nitrogens with one attached hydrogen (secondary N) is 1. The summed E-state index contributed by atoms with van der Waals surface area (Å²) >= 11 is 3.35. The van der Waals surface area contributed by atoms with E-state index >= 15 is 0 Å². The predicted octanol–water partition coefficient (Wildman–Crippen LogP) is 2.74. The molecule has 2 heterocycles. The number of rotatable bonds is 3. The average molecular weight is 437 g/mol. The number of hydrogen-bond donors (Lipinski definition) is 1. The lowest BCUT2D eigenvalue weighted by atomic mass is 10.0. The lowest BCUT2D eigenvalue weighted by molar-refractivity contribution is -0.120. The van der Waals surface area contributed by atoms with E-state index in [1.807, 2.05) is 24.3 Å². The van der Waals surface area contributed by atoms with Crippen molar-refractivity contribution < 1.29 is 17.9 Å². The molecule has 4 rings (SSSR count). The first-order chi connectivity index (χ1) is 12.4. The third-order valence-corrected chi connectivity index (χ3v) is 6.73. The number of sulfonamides is 1. The molecule has 1 N–H and O–H groups in total. The Morgan fingerprint density at radius 3 is 2.92 bits per heavy atom. The second-order valence-electron chi connectivity index (χ2n) is 6.33. The van der Waals surface area contributed by atoms with Gasteiger partial charge in [-0.15, -0.1) is 0 Å². The van der Waals surface area contributed by atoms with Crippen molar-refractivity contribution in [2.75, 3.05) is 17.5 Å². The Morgan fingerprint density at radius 1 is 1.27 bits per heavy atom. The van der Waals surface area contributed by atoms with Gasteiger partial charge in [-0.3, -0.25) is 9.10 Å². The van der Waals surface area contributed by atoms with Crippen LogP contribution in [0.3, 0.4) is 0 Å². The molecule has 2 aromatic carbocycles. The van der Waals surface area contributed by atoms with Gasteiger partial charge in [0.15, 0.2) is 0 Å². The molecule has 0 spiro atoms. The third-order valence-electron chi connectivity index (χ3n) is 4.56. The molecular formula is C18H17BrN2O4S. The number of amides is 1. The number of nitrogens with zero attached hydrogens (tertiary/aromatic N) is 1. The van der Waals surface area contributed by atoms with Crippen molar-refractivity contribution in [1.29, 1.82) is 0 Å². The summed E-state index contributed by atoms with van der Waals surface area (Å²) in [6.45, 7) is 0.289. The van der Waals surface area contributed by atoms with Crippen molar-refractivity contribution in [3.63, 3.8) is 0 Å². The van der Waals surface area contributed by atoms with Crippen LogP contribution in [-0.2, 0) is 20.6 Å². The molecule has 0 aliphatic carbocycles. The maximum atomic E-state index is 12.6. The molecule has 0 unspecified atom stereocenters. The molecular weight excluding hydrogens is 420 g/mol. The first-order valence-electron chi connectivity index (χ1n) is 8.24. The summed E-state index contributed by atoms with van der Waals surface area (Å²) in [5.41, 5.74) is 2.18. The SMILES string of the molecule is O=C(CN1c2ccc(Br)cc2CS1(=O)=O)N[C@@H]1CCOc2ccccc21. The monoisotopic (exact) mass is 436 g/mol. The maximum Gasteiger partial charge on any atom is 0.241 e. The van der Waals surface area contributed by atoms with E-state index in [2.05, 4.69) is 21.2 Å². The number of carbonyl (C=O) groups excluding carboxylic acids is 1. The van der Waals surface area contributed by atoms with Crippen LogP contribution in [0.15, 0.2) is 46.9 Å². The van der Waals surface area contributed by atoms with Crippen LogP contribution < -0.4 is 14.4 Å². The first-order valence-corrected chi connectivity index (χ1v) is 10.6. The molecule has 0 aromatic heterocycles. The summed E-state index contributed by atoms with van der Waals surface area (Å²) in [6.07, 6.45) is 0.652. The molecule has 2 aliphatic heterocycles. The zero-order valence-corrected chi connectivity index (χ0v) is 16.2. The van der Waals surface area contributed by atoms with Crippen LogP contribution >= 0.6 is 15.9 Å². The smallest absolute Gasteiger partial charge is 0.241 e. The highest BCUT2D eigenvalue weighted by Crippen LogP contribution is 2.35. The predicted molar refractivity (Wildman–Crippen MR) is 102 cm³/mol. The van der Waals surface area contributed by atoms with Crippen molar-refractivity contribution in [1.82, 2.24) is 5.32 Å². The Labute approximate surface area is 160 Å². The Hall–Kier alpha value is -2.06. The van der Waals surface area contributed by atoms with E-state index in [0.717, 1.165) is 15.8 Å². The number of benzene rings is 2. The van der Waals surface area contributed by atoms with E-state index in [-0.39, 0.29) is 24.2 Å². The van der Waals surface area contributed by atoms with Gasteiger partial charge in [0, 0.05) is 16.5 Å². The van der Waals surface area contributed by atoms with Crippen LogP contribution in [0.25, 0.3) is 0 Å². The number of fused-ring (bicyclic) bond motifs is 2. The van der Waals surface area contributed by atoms with Gasteiger partial charge < -0.3 is 10.1 Å². The van der Waals surface area contributed by atoms with Crippen LogP contribution in [-0.4, -0.2) is 27.5 Å². The van der Waals surface area contributed by atoms with E-state index in [4.69, 9.17) is 4.74 Å². The van der Waals surface area contributed by atoms with E-state index in [1.54, 1.807) is 18.2 Å². The summed E-state index contributed by atoms with van der Waals surface area (Å²) in [5.74, 6) is 0.342. The minimum atomic E-state index is -3.53. The number of hydrogen-bond acceptors (Lipinski definition) is 4. The van der Waals surface area contributed by atoms with Crippen LogP contribution in [0.5, 0.6) is 5.75 Å². The van der Waals surface area contributed by atoms with Crippen LogP contribution in [0, 0.1) is 0 Å². The van der Waals surface area contributed by atoms with Gasteiger partial charge in [0.1, 0.15) is 12.3 Å².